The van der Waals surface area contributed by atoms with Gasteiger partial charge in [-0.2, -0.15) is 0 Å². The van der Waals surface area contributed by atoms with Gasteiger partial charge in [-0.25, -0.2) is 4.79 Å². The summed E-state index contributed by atoms with van der Waals surface area (Å²) in [5, 5.41) is -0.994. The molecule has 3 nitrogen and oxygen atoms in total. The summed E-state index contributed by atoms with van der Waals surface area (Å²) in [7, 11) is 0. The molecule has 0 amide bonds. The Morgan fingerprint density at radius 1 is 1.45 bits per heavy atom. The zero-order valence-corrected chi connectivity index (χ0v) is 7.94. The zero-order valence-electron chi connectivity index (χ0n) is 7.18. The number of ether oxygens (including phenoxy) is 2. The molecule has 4 heteroatoms. The minimum absolute atomic E-state index is 0.179. The Hall–Kier alpha value is -0.440. The number of carbonyl (C=O) groups is 1. The van der Waals surface area contributed by atoms with Gasteiger partial charge in [-0.15, -0.1) is 0 Å². The number of rotatable bonds is 2. The lowest BCUT2D eigenvalue weighted by atomic mass is 10.5. The van der Waals surface area contributed by atoms with Gasteiger partial charge in [-0.05, 0) is 27.7 Å². The largest absolute Gasteiger partial charge is 0.510 e. The van der Waals surface area contributed by atoms with Crippen molar-refractivity contribution in [3.05, 3.63) is 0 Å². The van der Waals surface area contributed by atoms with Crippen LogP contribution >= 0.6 is 11.6 Å². The van der Waals surface area contributed by atoms with E-state index in [1.54, 1.807) is 27.7 Å². The molecule has 0 saturated heterocycles. The normalized spacial score (nSPS) is 11.5. The van der Waals surface area contributed by atoms with Crippen LogP contribution in [0.2, 0.25) is 0 Å². The van der Waals surface area contributed by atoms with E-state index in [4.69, 9.17) is 11.6 Å². The Labute approximate surface area is 71.6 Å². The summed E-state index contributed by atoms with van der Waals surface area (Å²) >= 11 is 5.59. The van der Waals surface area contributed by atoms with Crippen molar-refractivity contribution in [2.75, 3.05) is 0 Å². The fourth-order valence-corrected chi connectivity index (χ4v) is 0.478. The molecule has 0 aliphatic rings. The monoisotopic (exact) mass is 180 g/mol. The van der Waals surface area contributed by atoms with E-state index in [1.807, 2.05) is 0 Å². The van der Waals surface area contributed by atoms with Crippen LogP contribution in [0.5, 0.6) is 0 Å². The maximum atomic E-state index is 10.7. The molecule has 0 aromatic heterocycles. The van der Waals surface area contributed by atoms with Crippen molar-refractivity contribution >= 4 is 17.8 Å². The van der Waals surface area contributed by atoms with Gasteiger partial charge in [0.1, 0.15) is 0 Å². The second-order valence-corrected chi connectivity index (χ2v) is 3.79. The number of hydrogen-bond acceptors (Lipinski definition) is 3. The van der Waals surface area contributed by atoms with Gasteiger partial charge in [0.2, 0.25) is 0 Å². The third kappa shape index (κ3) is 7.46. The number of alkyl halides is 1. The van der Waals surface area contributed by atoms with E-state index >= 15 is 0 Å². The van der Waals surface area contributed by atoms with Gasteiger partial charge in [0.25, 0.3) is 0 Å². The highest BCUT2D eigenvalue weighted by Crippen LogP contribution is 2.15. The zero-order chi connectivity index (χ0) is 9.07. The topological polar surface area (TPSA) is 35.5 Å². The maximum absolute atomic E-state index is 10.7. The van der Waals surface area contributed by atoms with Crippen molar-refractivity contribution in [1.29, 1.82) is 0 Å². The second kappa shape index (κ2) is 3.81. The number of hydrogen-bond donors (Lipinski definition) is 0. The fourth-order valence-electron chi connectivity index (χ4n) is 0.415. The molecule has 0 bridgehead atoms. The van der Waals surface area contributed by atoms with Crippen LogP contribution in [0.4, 0.5) is 4.79 Å². The summed E-state index contributed by atoms with van der Waals surface area (Å²) < 4.78 is 9.33. The lowest BCUT2D eigenvalue weighted by Crippen LogP contribution is -2.23. The highest BCUT2D eigenvalue weighted by atomic mass is 35.5. The molecule has 0 aromatic carbocycles. The lowest BCUT2D eigenvalue weighted by molar-refractivity contribution is 0.00377. The van der Waals surface area contributed by atoms with Gasteiger partial charge in [-0.3, -0.25) is 0 Å². The number of carbonyl (C=O) groups excluding carboxylic acids is 1. The number of halogens is 1. The van der Waals surface area contributed by atoms with Gasteiger partial charge in [-0.1, -0.05) is 11.6 Å². The summed E-state index contributed by atoms with van der Waals surface area (Å²) in [4.78, 5) is 10.7. The molecule has 0 aliphatic heterocycles. The standard InChI is InChI=1S/C7H13ClO3/c1-5(2)10-6(9)11-7(3,4)8/h5H,1-4H3. The van der Waals surface area contributed by atoms with Crippen molar-refractivity contribution in [2.24, 2.45) is 0 Å². The second-order valence-electron chi connectivity index (χ2n) is 2.88. The molecule has 0 aromatic rings. The first kappa shape index (κ1) is 10.6. The Morgan fingerprint density at radius 3 is 2.18 bits per heavy atom. The van der Waals surface area contributed by atoms with E-state index in [2.05, 4.69) is 9.47 Å². The molecule has 0 unspecified atom stereocenters. The Bertz CT molecular complexity index is 137. The van der Waals surface area contributed by atoms with Crippen LogP contribution in [0.25, 0.3) is 0 Å². The van der Waals surface area contributed by atoms with E-state index in [1.165, 1.54) is 0 Å². The fraction of sp³-hybridized carbons (Fsp3) is 0.857. The predicted octanol–water partition coefficient (Wildman–Crippen LogP) is 2.52. The lowest BCUT2D eigenvalue weighted by Gasteiger charge is -2.17. The van der Waals surface area contributed by atoms with Crippen molar-refractivity contribution in [1.82, 2.24) is 0 Å². The third-order valence-electron chi connectivity index (χ3n) is 0.658. The molecule has 0 N–H and O–H groups in total. The summed E-state index contributed by atoms with van der Waals surface area (Å²) in [5.74, 6) is 0. The molecule has 11 heavy (non-hydrogen) atoms. The van der Waals surface area contributed by atoms with Gasteiger partial charge in [0, 0.05) is 0 Å². The van der Waals surface area contributed by atoms with Gasteiger partial charge in [0.15, 0.2) is 5.06 Å². The van der Waals surface area contributed by atoms with Crippen LogP contribution in [0, 0.1) is 0 Å². The first-order chi connectivity index (χ1) is 4.81. The van der Waals surface area contributed by atoms with Crippen LogP contribution in [0.1, 0.15) is 27.7 Å². The molecular formula is C7H13ClO3. The van der Waals surface area contributed by atoms with Crippen molar-refractivity contribution < 1.29 is 14.3 Å². The summed E-state index contributed by atoms with van der Waals surface area (Å²) in [6, 6.07) is 0. The van der Waals surface area contributed by atoms with Gasteiger partial charge >= 0.3 is 6.16 Å². The highest BCUT2D eigenvalue weighted by Gasteiger charge is 2.20. The Morgan fingerprint density at radius 2 is 1.91 bits per heavy atom. The van der Waals surface area contributed by atoms with Crippen LogP contribution in [0.3, 0.4) is 0 Å². The van der Waals surface area contributed by atoms with E-state index in [9.17, 15) is 4.79 Å². The highest BCUT2D eigenvalue weighted by molar-refractivity contribution is 6.22. The van der Waals surface area contributed by atoms with Gasteiger partial charge < -0.3 is 9.47 Å². The first-order valence-corrected chi connectivity index (χ1v) is 3.77. The molecule has 0 saturated carbocycles. The smallest absolute Gasteiger partial charge is 0.432 e. The summed E-state index contributed by atoms with van der Waals surface area (Å²) in [6.45, 7) is 6.61. The first-order valence-electron chi connectivity index (χ1n) is 3.40. The molecule has 0 heterocycles. The van der Waals surface area contributed by atoms with Crippen LogP contribution in [-0.4, -0.2) is 17.3 Å². The van der Waals surface area contributed by atoms with Crippen molar-refractivity contribution in [3.8, 4) is 0 Å². The predicted molar refractivity (Wildman–Crippen MR) is 42.6 cm³/mol. The van der Waals surface area contributed by atoms with E-state index in [0.29, 0.717) is 0 Å². The van der Waals surface area contributed by atoms with E-state index in [-0.39, 0.29) is 6.10 Å². The van der Waals surface area contributed by atoms with Gasteiger partial charge in [0.05, 0.1) is 6.10 Å². The average Bonchev–Trinajstić information content (AvgIpc) is 1.53. The summed E-state index contributed by atoms with van der Waals surface area (Å²) in [6.07, 6.45) is -0.915. The molecule has 66 valence electrons. The van der Waals surface area contributed by atoms with Crippen LogP contribution in [-0.2, 0) is 9.47 Å². The quantitative estimate of drug-likeness (QED) is 0.484. The van der Waals surface area contributed by atoms with Crippen molar-refractivity contribution in [3.63, 3.8) is 0 Å². The maximum Gasteiger partial charge on any atom is 0.510 e. The minimum atomic E-state index is -0.994. The molecule has 0 fully saturated rings. The Balaban J connectivity index is 3.71. The van der Waals surface area contributed by atoms with E-state index in [0.717, 1.165) is 0 Å². The summed E-state index contributed by atoms with van der Waals surface area (Å²) in [5.41, 5.74) is 0. The molecule has 0 aliphatic carbocycles. The third-order valence-corrected chi connectivity index (χ3v) is 0.735. The molecule has 0 spiro atoms. The molecule has 0 rings (SSSR count). The average molecular weight is 181 g/mol. The van der Waals surface area contributed by atoms with E-state index < -0.39 is 11.2 Å². The Kier molecular flexibility index (Phi) is 3.66. The van der Waals surface area contributed by atoms with Crippen LogP contribution < -0.4 is 0 Å². The minimum Gasteiger partial charge on any atom is -0.432 e. The van der Waals surface area contributed by atoms with Crippen molar-refractivity contribution in [2.45, 2.75) is 38.9 Å². The molecule has 0 atom stereocenters. The molecular weight excluding hydrogens is 168 g/mol. The molecule has 0 radical (unpaired) electrons. The van der Waals surface area contributed by atoms with Crippen LogP contribution in [0.15, 0.2) is 0 Å². The SMILES string of the molecule is CC(C)OC(=O)OC(C)(C)Cl.